The van der Waals surface area contributed by atoms with E-state index in [0.29, 0.717) is 11.8 Å². The lowest BCUT2D eigenvalue weighted by Gasteiger charge is -2.41. The Morgan fingerprint density at radius 3 is 2.52 bits per heavy atom. The van der Waals surface area contributed by atoms with Crippen LogP contribution in [0.3, 0.4) is 0 Å². The van der Waals surface area contributed by atoms with Gasteiger partial charge in [-0.15, -0.1) is 0 Å². The maximum atomic E-state index is 11.0. The maximum absolute atomic E-state index is 11.0. The highest BCUT2D eigenvalue weighted by molar-refractivity contribution is 5.59. The predicted octanol–water partition coefficient (Wildman–Crippen LogP) is 1.48. The van der Waals surface area contributed by atoms with E-state index in [1.165, 1.54) is 13.2 Å². The predicted molar refractivity (Wildman–Crippen MR) is 89.3 cm³/mol. The maximum Gasteiger partial charge on any atom is 0.311 e. The van der Waals surface area contributed by atoms with Gasteiger partial charge in [0.25, 0.3) is 0 Å². The van der Waals surface area contributed by atoms with Gasteiger partial charge in [-0.3, -0.25) is 15.0 Å². The van der Waals surface area contributed by atoms with Gasteiger partial charge in [-0.2, -0.15) is 0 Å². The molecule has 126 valence electrons. The Balaban J connectivity index is 1.64. The van der Waals surface area contributed by atoms with Crippen LogP contribution >= 0.6 is 0 Å². The first kappa shape index (κ1) is 16.0. The molecule has 0 bridgehead atoms. The highest BCUT2D eigenvalue weighted by Gasteiger charge is 2.26. The molecule has 0 aliphatic carbocycles. The molecule has 3 rings (SSSR count). The van der Waals surface area contributed by atoms with Crippen LogP contribution in [0, 0.1) is 10.1 Å². The molecule has 2 saturated heterocycles. The number of nitro benzene ring substituents is 1. The quantitative estimate of drug-likeness (QED) is 0.669. The van der Waals surface area contributed by atoms with Crippen molar-refractivity contribution in [1.29, 1.82) is 0 Å². The van der Waals surface area contributed by atoms with Gasteiger partial charge in [0.15, 0.2) is 5.75 Å². The fourth-order valence-corrected chi connectivity index (χ4v) is 3.55. The van der Waals surface area contributed by atoms with Crippen molar-refractivity contribution in [2.24, 2.45) is 0 Å². The average Bonchev–Trinajstić information content (AvgIpc) is 2.62. The number of benzene rings is 1. The van der Waals surface area contributed by atoms with Gasteiger partial charge in [0, 0.05) is 63.1 Å². The highest BCUT2D eigenvalue weighted by atomic mass is 16.6. The van der Waals surface area contributed by atoms with E-state index in [0.717, 1.165) is 57.8 Å². The zero-order chi connectivity index (χ0) is 16.2. The molecule has 1 aromatic rings. The summed E-state index contributed by atoms with van der Waals surface area (Å²) in [5.74, 6) is 0.330. The molecule has 7 heteroatoms. The third-order valence-electron chi connectivity index (χ3n) is 4.86. The number of nitrogens with zero attached hydrogens (tertiary/aromatic N) is 3. The van der Waals surface area contributed by atoms with Crippen LogP contribution in [0.15, 0.2) is 18.2 Å². The monoisotopic (exact) mass is 320 g/mol. The Hall–Kier alpha value is -1.86. The summed E-state index contributed by atoms with van der Waals surface area (Å²) in [5, 5.41) is 14.4. The topological polar surface area (TPSA) is 70.9 Å². The molecule has 0 spiro atoms. The van der Waals surface area contributed by atoms with E-state index in [2.05, 4.69) is 15.1 Å². The van der Waals surface area contributed by atoms with Crippen LogP contribution in [0.2, 0.25) is 0 Å². The van der Waals surface area contributed by atoms with E-state index in [-0.39, 0.29) is 5.69 Å². The first-order chi connectivity index (χ1) is 11.2. The molecule has 1 N–H and O–H groups in total. The minimum absolute atomic E-state index is 0.0203. The highest BCUT2D eigenvalue weighted by Crippen LogP contribution is 2.32. The van der Waals surface area contributed by atoms with Crippen molar-refractivity contribution in [2.75, 3.05) is 51.3 Å². The number of ether oxygens (including phenoxy) is 1. The summed E-state index contributed by atoms with van der Waals surface area (Å²) in [6, 6.07) is 5.80. The minimum Gasteiger partial charge on any atom is -0.490 e. The largest absolute Gasteiger partial charge is 0.490 e. The molecule has 0 unspecified atom stereocenters. The number of piperazine rings is 1. The Labute approximate surface area is 136 Å². The van der Waals surface area contributed by atoms with Crippen LogP contribution < -0.4 is 15.0 Å². The lowest BCUT2D eigenvalue weighted by atomic mass is 10.0. The minimum atomic E-state index is -0.404. The van der Waals surface area contributed by atoms with Gasteiger partial charge in [0.2, 0.25) is 0 Å². The zero-order valence-electron chi connectivity index (χ0n) is 13.5. The molecular formula is C16H24N4O3. The van der Waals surface area contributed by atoms with Crippen LogP contribution in [-0.4, -0.2) is 62.2 Å². The van der Waals surface area contributed by atoms with Crippen LogP contribution in [0.5, 0.6) is 5.75 Å². The van der Waals surface area contributed by atoms with Gasteiger partial charge in [-0.1, -0.05) is 0 Å². The lowest BCUT2D eigenvalue weighted by molar-refractivity contribution is -0.385. The van der Waals surface area contributed by atoms with Crippen molar-refractivity contribution in [3.63, 3.8) is 0 Å². The SMILES string of the molecule is COc1cc(N2CCC(N3CCNCC3)CC2)ccc1[N+](=O)[O-]. The van der Waals surface area contributed by atoms with Gasteiger partial charge in [-0.05, 0) is 18.9 Å². The first-order valence-corrected chi connectivity index (χ1v) is 8.21. The zero-order valence-corrected chi connectivity index (χ0v) is 13.5. The molecule has 0 atom stereocenters. The van der Waals surface area contributed by atoms with Crippen LogP contribution in [0.4, 0.5) is 11.4 Å². The molecule has 2 fully saturated rings. The number of piperidine rings is 1. The summed E-state index contributed by atoms with van der Waals surface area (Å²) < 4.78 is 5.17. The standard InChI is InChI=1S/C16H24N4O3/c1-23-16-12-14(2-3-15(16)20(21)22)18-8-4-13(5-9-18)19-10-6-17-7-11-19/h2-3,12-13,17H,4-11H2,1H3. The molecule has 0 amide bonds. The summed E-state index contributed by atoms with van der Waals surface area (Å²) in [4.78, 5) is 15.5. The van der Waals surface area contributed by atoms with Crippen LogP contribution in [0.1, 0.15) is 12.8 Å². The van der Waals surface area contributed by atoms with Crippen molar-refractivity contribution >= 4 is 11.4 Å². The van der Waals surface area contributed by atoms with Gasteiger partial charge < -0.3 is 15.0 Å². The molecular weight excluding hydrogens is 296 g/mol. The number of nitro groups is 1. The van der Waals surface area contributed by atoms with E-state index >= 15 is 0 Å². The smallest absolute Gasteiger partial charge is 0.311 e. The Kier molecular flexibility index (Phi) is 4.97. The normalized spacial score (nSPS) is 20.5. The fraction of sp³-hybridized carbons (Fsp3) is 0.625. The Morgan fingerprint density at radius 2 is 1.91 bits per heavy atom. The lowest BCUT2D eigenvalue weighted by Crippen LogP contribution is -2.52. The summed E-state index contributed by atoms with van der Waals surface area (Å²) in [5.41, 5.74) is 1.03. The fourth-order valence-electron chi connectivity index (χ4n) is 3.55. The molecule has 2 heterocycles. The molecule has 2 aliphatic heterocycles. The van der Waals surface area contributed by atoms with E-state index in [4.69, 9.17) is 4.74 Å². The molecule has 0 radical (unpaired) electrons. The summed E-state index contributed by atoms with van der Waals surface area (Å²) in [6.45, 7) is 6.40. The van der Waals surface area contributed by atoms with Crippen molar-refractivity contribution in [2.45, 2.75) is 18.9 Å². The summed E-state index contributed by atoms with van der Waals surface area (Å²) in [7, 11) is 1.47. The molecule has 2 aliphatic rings. The first-order valence-electron chi connectivity index (χ1n) is 8.21. The van der Waals surface area contributed by atoms with Gasteiger partial charge >= 0.3 is 5.69 Å². The van der Waals surface area contributed by atoms with E-state index in [1.807, 2.05) is 6.07 Å². The van der Waals surface area contributed by atoms with Crippen LogP contribution in [0.25, 0.3) is 0 Å². The van der Waals surface area contributed by atoms with Crippen molar-refractivity contribution in [3.8, 4) is 5.75 Å². The third kappa shape index (κ3) is 3.56. The van der Waals surface area contributed by atoms with E-state index in [1.54, 1.807) is 6.07 Å². The number of anilines is 1. The molecule has 0 saturated carbocycles. The second kappa shape index (κ2) is 7.14. The Morgan fingerprint density at radius 1 is 1.22 bits per heavy atom. The summed E-state index contributed by atoms with van der Waals surface area (Å²) in [6.07, 6.45) is 2.28. The van der Waals surface area contributed by atoms with Crippen molar-refractivity contribution in [1.82, 2.24) is 10.2 Å². The second-order valence-electron chi connectivity index (χ2n) is 6.12. The number of rotatable bonds is 4. The van der Waals surface area contributed by atoms with Gasteiger partial charge in [-0.25, -0.2) is 0 Å². The van der Waals surface area contributed by atoms with E-state index < -0.39 is 4.92 Å². The molecule has 7 nitrogen and oxygen atoms in total. The second-order valence-corrected chi connectivity index (χ2v) is 6.12. The number of nitrogens with one attached hydrogen (secondary N) is 1. The van der Waals surface area contributed by atoms with Gasteiger partial charge in [0.05, 0.1) is 12.0 Å². The molecule has 1 aromatic carbocycles. The van der Waals surface area contributed by atoms with Crippen molar-refractivity contribution in [3.05, 3.63) is 28.3 Å². The average molecular weight is 320 g/mol. The number of methoxy groups -OCH3 is 1. The number of hydrogen-bond donors (Lipinski definition) is 1. The Bertz CT molecular complexity index is 552. The summed E-state index contributed by atoms with van der Waals surface area (Å²) >= 11 is 0. The molecule has 23 heavy (non-hydrogen) atoms. The number of hydrogen-bond acceptors (Lipinski definition) is 6. The van der Waals surface area contributed by atoms with E-state index in [9.17, 15) is 10.1 Å². The molecule has 0 aromatic heterocycles. The van der Waals surface area contributed by atoms with Crippen molar-refractivity contribution < 1.29 is 9.66 Å². The third-order valence-corrected chi connectivity index (χ3v) is 4.86. The van der Waals surface area contributed by atoms with Crippen LogP contribution in [-0.2, 0) is 0 Å². The van der Waals surface area contributed by atoms with Gasteiger partial charge in [0.1, 0.15) is 0 Å².